The van der Waals surface area contributed by atoms with Gasteiger partial charge in [0.1, 0.15) is 0 Å². The van der Waals surface area contributed by atoms with Crippen LogP contribution < -0.4 is 0 Å². The first kappa shape index (κ1) is 24.2. The smallest absolute Gasteiger partial charge is 0.0875 e. The SMILES string of the molecule is CCC(O)(CC)COC(C)(C)C1=CC[C@H]2C3=CC=C4CC(O)CC(O)[C@]4(C)[C@H]3CC[C@]12C. The van der Waals surface area contributed by atoms with Crippen LogP contribution in [0, 0.1) is 22.7 Å². The van der Waals surface area contributed by atoms with Gasteiger partial charge in [0, 0.05) is 11.8 Å². The van der Waals surface area contributed by atoms with Gasteiger partial charge in [0.2, 0.25) is 0 Å². The highest BCUT2D eigenvalue weighted by molar-refractivity contribution is 5.44. The fourth-order valence-corrected chi connectivity index (χ4v) is 7.42. The molecule has 4 nitrogen and oxygen atoms in total. The molecule has 0 aromatic carbocycles. The van der Waals surface area contributed by atoms with Crippen molar-refractivity contribution < 1.29 is 20.1 Å². The Morgan fingerprint density at radius 2 is 1.78 bits per heavy atom. The molecule has 0 heterocycles. The molecule has 4 heteroatoms. The second kappa shape index (κ2) is 8.08. The Hall–Kier alpha value is -0.940. The topological polar surface area (TPSA) is 69.9 Å². The summed E-state index contributed by atoms with van der Waals surface area (Å²) >= 11 is 0. The van der Waals surface area contributed by atoms with Crippen LogP contribution in [0.1, 0.15) is 86.5 Å². The lowest BCUT2D eigenvalue weighted by Gasteiger charge is -2.56. The molecule has 0 aromatic rings. The monoisotopic (exact) mass is 444 g/mol. The third-order valence-corrected chi connectivity index (χ3v) is 9.90. The predicted octanol–water partition coefficient (Wildman–Crippen LogP) is 5.08. The molecule has 0 radical (unpaired) electrons. The molecule has 0 spiro atoms. The van der Waals surface area contributed by atoms with Gasteiger partial charge < -0.3 is 20.1 Å². The molecule has 4 aliphatic carbocycles. The lowest BCUT2D eigenvalue weighted by atomic mass is 9.49. The fraction of sp³-hybridized carbons (Fsp3) is 0.786. The van der Waals surface area contributed by atoms with Crippen LogP contribution in [0.3, 0.4) is 0 Å². The molecule has 0 saturated heterocycles. The Morgan fingerprint density at radius 1 is 1.09 bits per heavy atom. The Balaban J connectivity index is 1.60. The summed E-state index contributed by atoms with van der Waals surface area (Å²) < 4.78 is 6.43. The van der Waals surface area contributed by atoms with Gasteiger partial charge >= 0.3 is 0 Å². The molecule has 0 amide bonds. The molecule has 4 rings (SSSR count). The summed E-state index contributed by atoms with van der Waals surface area (Å²) in [6, 6.07) is 0. The van der Waals surface area contributed by atoms with Gasteiger partial charge in [-0.1, -0.05) is 57.1 Å². The number of hydrogen-bond donors (Lipinski definition) is 3. The van der Waals surface area contributed by atoms with Crippen molar-refractivity contribution in [2.24, 2.45) is 22.7 Å². The van der Waals surface area contributed by atoms with Gasteiger partial charge in [-0.2, -0.15) is 0 Å². The summed E-state index contributed by atoms with van der Waals surface area (Å²) in [5.74, 6) is 0.758. The number of ether oxygens (including phenoxy) is 1. The number of allylic oxidation sites excluding steroid dienone is 4. The van der Waals surface area contributed by atoms with E-state index >= 15 is 0 Å². The fourth-order valence-electron chi connectivity index (χ4n) is 7.42. The molecule has 0 aliphatic heterocycles. The first-order valence-corrected chi connectivity index (χ1v) is 12.8. The van der Waals surface area contributed by atoms with Crippen molar-refractivity contribution in [3.05, 3.63) is 34.9 Å². The van der Waals surface area contributed by atoms with E-state index in [0.29, 0.717) is 44.1 Å². The van der Waals surface area contributed by atoms with Crippen LogP contribution >= 0.6 is 0 Å². The van der Waals surface area contributed by atoms with Crippen LogP contribution in [0.4, 0.5) is 0 Å². The molecular weight excluding hydrogens is 400 g/mol. The van der Waals surface area contributed by atoms with E-state index in [1.807, 2.05) is 13.8 Å². The van der Waals surface area contributed by atoms with Crippen LogP contribution in [-0.2, 0) is 4.74 Å². The predicted molar refractivity (Wildman–Crippen MR) is 128 cm³/mol. The lowest BCUT2D eigenvalue weighted by Crippen LogP contribution is -2.53. The third-order valence-electron chi connectivity index (χ3n) is 9.90. The summed E-state index contributed by atoms with van der Waals surface area (Å²) in [4.78, 5) is 0. The number of hydrogen-bond acceptors (Lipinski definition) is 4. The van der Waals surface area contributed by atoms with Crippen molar-refractivity contribution in [2.45, 2.75) is 110 Å². The third kappa shape index (κ3) is 3.57. The standard InChI is InChI=1S/C28H44O4/c1-7-28(31,8-2)17-32-25(3,4)23-12-11-21-20-10-9-18-15-19(29)16-24(30)27(18,6)22(20)13-14-26(21,23)5/h9-10,12,19,21-22,24,29-31H,7-8,11,13-17H2,1-6H3/t19?,21-,22-,24?,26-,27-/m0/s1. The molecule has 4 aliphatic rings. The molecule has 2 unspecified atom stereocenters. The zero-order valence-corrected chi connectivity index (χ0v) is 20.9. The molecule has 0 bridgehead atoms. The van der Waals surface area contributed by atoms with Crippen LogP contribution in [0.2, 0.25) is 0 Å². The van der Waals surface area contributed by atoms with E-state index in [1.165, 1.54) is 16.7 Å². The maximum atomic E-state index is 11.1. The molecule has 3 N–H and O–H groups in total. The van der Waals surface area contributed by atoms with E-state index in [1.54, 1.807) is 0 Å². The molecule has 0 aromatic heterocycles. The first-order chi connectivity index (χ1) is 14.9. The van der Waals surface area contributed by atoms with E-state index in [0.717, 1.165) is 19.3 Å². The van der Waals surface area contributed by atoms with Crippen LogP contribution in [0.25, 0.3) is 0 Å². The number of fused-ring (bicyclic) bond motifs is 5. The Kier molecular flexibility index (Phi) is 6.11. The largest absolute Gasteiger partial charge is 0.393 e. The van der Waals surface area contributed by atoms with Gasteiger partial charge in [-0.25, -0.2) is 0 Å². The van der Waals surface area contributed by atoms with Gasteiger partial charge in [-0.3, -0.25) is 0 Å². The van der Waals surface area contributed by atoms with E-state index in [-0.39, 0.29) is 10.8 Å². The summed E-state index contributed by atoms with van der Waals surface area (Å²) in [7, 11) is 0. The number of aliphatic hydroxyl groups excluding tert-OH is 2. The highest BCUT2D eigenvalue weighted by Crippen LogP contribution is 2.64. The minimum Gasteiger partial charge on any atom is -0.393 e. The molecule has 32 heavy (non-hydrogen) atoms. The van der Waals surface area contributed by atoms with E-state index in [2.05, 4.69) is 45.9 Å². The second-order valence-corrected chi connectivity index (χ2v) is 11.9. The number of aliphatic hydroxyl groups is 3. The zero-order chi connectivity index (χ0) is 23.5. The summed E-state index contributed by atoms with van der Waals surface area (Å²) in [5, 5.41) is 32.1. The van der Waals surface area contributed by atoms with Crippen molar-refractivity contribution in [1.82, 2.24) is 0 Å². The van der Waals surface area contributed by atoms with Crippen molar-refractivity contribution >= 4 is 0 Å². The minimum absolute atomic E-state index is 0.0310. The summed E-state index contributed by atoms with van der Waals surface area (Å²) in [5.41, 5.74) is 2.63. The van der Waals surface area contributed by atoms with Crippen molar-refractivity contribution in [2.75, 3.05) is 6.61 Å². The van der Waals surface area contributed by atoms with Gasteiger partial charge in [0.15, 0.2) is 0 Å². The van der Waals surface area contributed by atoms with Gasteiger partial charge in [-0.05, 0) is 75.2 Å². The lowest BCUT2D eigenvalue weighted by molar-refractivity contribution is -0.103. The second-order valence-electron chi connectivity index (χ2n) is 11.9. The van der Waals surface area contributed by atoms with Crippen molar-refractivity contribution in [3.63, 3.8) is 0 Å². The summed E-state index contributed by atoms with van der Waals surface area (Å²) in [6.45, 7) is 13.3. The molecular formula is C28H44O4. The Bertz CT molecular complexity index is 832. The zero-order valence-electron chi connectivity index (χ0n) is 20.9. The quantitative estimate of drug-likeness (QED) is 0.500. The van der Waals surface area contributed by atoms with E-state index in [4.69, 9.17) is 4.74 Å². The maximum absolute atomic E-state index is 11.1. The average Bonchev–Trinajstić information content (AvgIpc) is 3.11. The van der Waals surface area contributed by atoms with Gasteiger partial charge in [-0.15, -0.1) is 0 Å². The van der Waals surface area contributed by atoms with Crippen molar-refractivity contribution in [1.29, 1.82) is 0 Å². The van der Waals surface area contributed by atoms with E-state index in [9.17, 15) is 15.3 Å². The number of rotatable bonds is 6. The Morgan fingerprint density at radius 3 is 2.44 bits per heavy atom. The highest BCUT2D eigenvalue weighted by atomic mass is 16.5. The van der Waals surface area contributed by atoms with E-state index < -0.39 is 23.4 Å². The molecule has 180 valence electrons. The van der Waals surface area contributed by atoms with Crippen LogP contribution in [0.15, 0.2) is 34.9 Å². The maximum Gasteiger partial charge on any atom is 0.0875 e. The summed E-state index contributed by atoms with van der Waals surface area (Å²) in [6.07, 6.45) is 11.6. The van der Waals surface area contributed by atoms with Gasteiger partial charge in [0.25, 0.3) is 0 Å². The Labute approximate surface area is 194 Å². The van der Waals surface area contributed by atoms with Crippen LogP contribution in [0.5, 0.6) is 0 Å². The van der Waals surface area contributed by atoms with Crippen LogP contribution in [-0.4, -0.2) is 45.3 Å². The molecule has 6 atom stereocenters. The normalized spacial score (nSPS) is 39.5. The van der Waals surface area contributed by atoms with Gasteiger partial charge in [0.05, 0.1) is 30.0 Å². The highest BCUT2D eigenvalue weighted by Gasteiger charge is 2.58. The average molecular weight is 445 g/mol. The van der Waals surface area contributed by atoms with Crippen molar-refractivity contribution in [3.8, 4) is 0 Å². The first-order valence-electron chi connectivity index (χ1n) is 12.8. The minimum atomic E-state index is -0.766. The molecule has 2 fully saturated rings. The molecule has 2 saturated carbocycles.